The summed E-state index contributed by atoms with van der Waals surface area (Å²) in [7, 11) is 1.73. The van der Waals surface area contributed by atoms with Crippen molar-refractivity contribution in [2.24, 2.45) is 7.05 Å². The molecular weight excluding hydrogens is 515 g/mol. The van der Waals surface area contributed by atoms with Crippen LogP contribution in [0.4, 0.5) is 0 Å². The number of Topliss-reactive ketones (excluding diaryl/α,β-unsaturated/α-hetero) is 1. The van der Waals surface area contributed by atoms with Crippen molar-refractivity contribution in [3.8, 4) is 16.9 Å². The highest BCUT2D eigenvalue weighted by Gasteiger charge is 2.24. The van der Waals surface area contributed by atoms with E-state index in [2.05, 4.69) is 25.6 Å². The average molecular weight is 535 g/mol. The minimum atomic E-state index is -0.786. The molecule has 0 saturated heterocycles. The zero-order valence-corrected chi connectivity index (χ0v) is 21.1. The van der Waals surface area contributed by atoms with Crippen molar-refractivity contribution in [2.45, 2.75) is 18.9 Å². The van der Waals surface area contributed by atoms with E-state index < -0.39 is 6.04 Å². The molecule has 0 saturated carbocycles. The molecule has 186 valence electrons. The van der Waals surface area contributed by atoms with Gasteiger partial charge in [-0.15, -0.1) is 10.2 Å². The number of halogens is 2. The molecule has 10 nitrogen and oxygen atoms in total. The first-order valence-electron chi connectivity index (χ1n) is 11.3. The Morgan fingerprint density at radius 3 is 2.49 bits per heavy atom. The second-order valence-electron chi connectivity index (χ2n) is 8.40. The Balaban J connectivity index is 1.53. The zero-order chi connectivity index (χ0) is 25.9. The predicted molar refractivity (Wildman–Crippen MR) is 138 cm³/mol. The summed E-state index contributed by atoms with van der Waals surface area (Å²) in [5.74, 6) is -0.179. The summed E-state index contributed by atoms with van der Waals surface area (Å²) in [6.07, 6.45) is 4.96. The van der Waals surface area contributed by atoms with Crippen molar-refractivity contribution in [3.63, 3.8) is 0 Å². The van der Waals surface area contributed by atoms with Crippen LogP contribution in [0.5, 0.6) is 0 Å². The Bertz CT molecular complexity index is 1630. The molecule has 5 rings (SSSR count). The number of carbonyl (C=O) groups is 1. The van der Waals surface area contributed by atoms with Crippen LogP contribution in [-0.2, 0) is 24.7 Å². The van der Waals surface area contributed by atoms with Gasteiger partial charge in [-0.1, -0.05) is 64.0 Å². The second-order valence-corrected chi connectivity index (χ2v) is 9.22. The van der Waals surface area contributed by atoms with Crippen LogP contribution in [-0.4, -0.2) is 45.3 Å². The number of hydrogen-bond donors (Lipinski definition) is 0. The van der Waals surface area contributed by atoms with Gasteiger partial charge < -0.3 is 0 Å². The lowest BCUT2D eigenvalue weighted by Gasteiger charge is -2.19. The Morgan fingerprint density at radius 2 is 1.81 bits per heavy atom. The Hall–Kier alpha value is -4.15. The lowest BCUT2D eigenvalue weighted by atomic mass is 9.99. The van der Waals surface area contributed by atoms with Crippen LogP contribution in [0.3, 0.4) is 0 Å². The largest absolute Gasteiger partial charge is 0.297 e. The van der Waals surface area contributed by atoms with E-state index in [1.165, 1.54) is 32.5 Å². The molecule has 2 aromatic carbocycles. The highest BCUT2D eigenvalue weighted by Crippen LogP contribution is 2.28. The lowest BCUT2D eigenvalue weighted by molar-refractivity contribution is -0.121. The second kappa shape index (κ2) is 10.5. The fourth-order valence-electron chi connectivity index (χ4n) is 4.04. The van der Waals surface area contributed by atoms with Gasteiger partial charge >= 0.3 is 0 Å². The van der Waals surface area contributed by atoms with Gasteiger partial charge in [0.15, 0.2) is 10.9 Å². The van der Waals surface area contributed by atoms with Crippen LogP contribution in [0.1, 0.15) is 17.3 Å². The number of carbonyl (C=O) groups excluding carboxylic acids is 1. The molecule has 3 aromatic heterocycles. The molecule has 5 aromatic rings. The molecule has 0 amide bonds. The number of rotatable bonds is 8. The van der Waals surface area contributed by atoms with Crippen molar-refractivity contribution >= 4 is 29.0 Å². The smallest absolute Gasteiger partial charge is 0.254 e. The molecule has 0 radical (unpaired) electrons. The number of aromatic nitrogens is 8. The van der Waals surface area contributed by atoms with E-state index in [1.807, 2.05) is 30.3 Å². The van der Waals surface area contributed by atoms with Gasteiger partial charge in [-0.25, -0.2) is 9.67 Å². The summed E-state index contributed by atoms with van der Waals surface area (Å²) >= 11 is 12.2. The van der Waals surface area contributed by atoms with E-state index >= 15 is 0 Å². The van der Waals surface area contributed by atoms with E-state index in [0.717, 1.165) is 5.56 Å². The molecule has 1 atom stereocenters. The Kier molecular flexibility index (Phi) is 6.93. The molecule has 12 heteroatoms. The first kappa shape index (κ1) is 24.5. The van der Waals surface area contributed by atoms with Gasteiger partial charge in [-0.3, -0.25) is 18.8 Å². The third kappa shape index (κ3) is 5.50. The lowest BCUT2D eigenvalue weighted by Crippen LogP contribution is -2.32. The molecule has 0 bridgehead atoms. The standard InChI is InChI=1S/C25H20Cl2N8O2/c1-33-13-18(29-31-33)11-23(36)22(9-16-5-3-2-4-6-16)34-15-28-20(12-25(34)37)19-10-17(26)7-8-21(19)35-14-24(27)30-32-35/h2-8,10,12-15,22H,9,11H2,1H3/t22-/m0/s1. The zero-order valence-electron chi connectivity index (χ0n) is 19.6. The summed E-state index contributed by atoms with van der Waals surface area (Å²) in [5, 5.41) is 16.4. The first-order valence-corrected chi connectivity index (χ1v) is 12.0. The molecule has 0 aliphatic carbocycles. The summed E-state index contributed by atoms with van der Waals surface area (Å²) < 4.78 is 4.36. The summed E-state index contributed by atoms with van der Waals surface area (Å²) in [5.41, 5.74) is 2.57. The van der Waals surface area contributed by atoms with Crippen molar-refractivity contribution < 1.29 is 4.79 Å². The highest BCUT2D eigenvalue weighted by molar-refractivity contribution is 6.31. The Morgan fingerprint density at radius 1 is 1.00 bits per heavy atom. The fourth-order valence-corrected chi connectivity index (χ4v) is 4.34. The predicted octanol–water partition coefficient (Wildman–Crippen LogP) is 3.52. The summed E-state index contributed by atoms with van der Waals surface area (Å²) in [4.78, 5) is 31.3. The number of benzene rings is 2. The van der Waals surface area contributed by atoms with Crippen LogP contribution < -0.4 is 5.56 Å². The average Bonchev–Trinajstić information content (AvgIpc) is 3.50. The number of ketones is 1. The van der Waals surface area contributed by atoms with Crippen molar-refractivity contribution in [1.29, 1.82) is 0 Å². The van der Waals surface area contributed by atoms with E-state index in [9.17, 15) is 9.59 Å². The SMILES string of the molecule is Cn1cc(CC(=O)[C@H](Cc2ccccc2)n2cnc(-c3cc(Cl)ccc3-n3cc(Cl)nn3)cc2=O)nn1. The van der Waals surface area contributed by atoms with Crippen molar-refractivity contribution in [1.82, 2.24) is 39.5 Å². The van der Waals surface area contributed by atoms with Crippen LogP contribution in [0.25, 0.3) is 16.9 Å². The fraction of sp³-hybridized carbons (Fsp3) is 0.160. The summed E-state index contributed by atoms with van der Waals surface area (Å²) in [6.45, 7) is 0. The molecule has 0 aliphatic rings. The third-order valence-corrected chi connectivity index (χ3v) is 6.18. The number of aryl methyl sites for hydroxylation is 1. The Labute approximate surface area is 221 Å². The highest BCUT2D eigenvalue weighted by atomic mass is 35.5. The van der Waals surface area contributed by atoms with Gasteiger partial charge in [0.05, 0.1) is 36.0 Å². The molecule has 0 spiro atoms. The van der Waals surface area contributed by atoms with Crippen LogP contribution in [0.15, 0.2) is 78.1 Å². The maximum absolute atomic E-state index is 13.4. The van der Waals surface area contributed by atoms with Crippen LogP contribution in [0.2, 0.25) is 10.2 Å². The molecule has 0 unspecified atom stereocenters. The molecule has 0 fully saturated rings. The topological polar surface area (TPSA) is 113 Å². The van der Waals surface area contributed by atoms with Crippen LogP contribution in [0, 0.1) is 0 Å². The van der Waals surface area contributed by atoms with Crippen molar-refractivity contribution in [2.75, 3.05) is 0 Å². The van der Waals surface area contributed by atoms with E-state index in [-0.39, 0.29) is 22.9 Å². The van der Waals surface area contributed by atoms with Gasteiger partial charge in [0.2, 0.25) is 0 Å². The maximum Gasteiger partial charge on any atom is 0.254 e. The van der Waals surface area contributed by atoms with E-state index in [1.54, 1.807) is 31.4 Å². The third-order valence-electron chi connectivity index (χ3n) is 5.77. The quantitative estimate of drug-likeness (QED) is 0.299. The van der Waals surface area contributed by atoms with Gasteiger partial charge in [0.1, 0.15) is 6.04 Å². The number of nitrogens with zero attached hydrogens (tertiary/aromatic N) is 8. The van der Waals surface area contributed by atoms with Gasteiger partial charge in [-0.2, -0.15) is 0 Å². The molecule has 3 heterocycles. The van der Waals surface area contributed by atoms with Crippen LogP contribution >= 0.6 is 23.2 Å². The maximum atomic E-state index is 13.4. The van der Waals surface area contributed by atoms with E-state index in [4.69, 9.17) is 23.2 Å². The first-order chi connectivity index (χ1) is 17.9. The minimum Gasteiger partial charge on any atom is -0.297 e. The molecular formula is C25H20Cl2N8O2. The molecule has 0 aliphatic heterocycles. The van der Waals surface area contributed by atoms with Gasteiger partial charge in [0, 0.05) is 36.3 Å². The normalized spacial score (nSPS) is 12.0. The van der Waals surface area contributed by atoms with Crippen molar-refractivity contribution in [3.05, 3.63) is 105 Å². The van der Waals surface area contributed by atoms with Gasteiger partial charge in [-0.05, 0) is 23.8 Å². The monoisotopic (exact) mass is 534 g/mol. The van der Waals surface area contributed by atoms with E-state index in [0.29, 0.717) is 34.1 Å². The molecule has 37 heavy (non-hydrogen) atoms. The van der Waals surface area contributed by atoms with Gasteiger partial charge in [0.25, 0.3) is 5.56 Å². The number of hydrogen-bond acceptors (Lipinski definition) is 7. The minimum absolute atomic E-state index is 0.0328. The summed E-state index contributed by atoms with van der Waals surface area (Å²) in [6, 6.07) is 15.2. The molecule has 0 N–H and O–H groups in total.